The molecule has 0 atom stereocenters. The summed E-state index contributed by atoms with van der Waals surface area (Å²) < 4.78 is 45.8. The summed E-state index contributed by atoms with van der Waals surface area (Å²) in [5, 5.41) is 0.0164. The van der Waals surface area contributed by atoms with Gasteiger partial charge in [-0.1, -0.05) is 41.9 Å². The van der Waals surface area contributed by atoms with E-state index in [2.05, 4.69) is 4.99 Å². The fourth-order valence-electron chi connectivity index (χ4n) is 2.93. The molecule has 6 heteroatoms. The third-order valence-corrected chi connectivity index (χ3v) is 4.84. The Balaban J connectivity index is 1.96. The van der Waals surface area contributed by atoms with Crippen LogP contribution in [-0.4, -0.2) is 5.71 Å². The van der Waals surface area contributed by atoms with Gasteiger partial charge in [-0.05, 0) is 62.2 Å². The van der Waals surface area contributed by atoms with Crippen LogP contribution in [0.4, 0.5) is 13.2 Å². The molecule has 2 aromatic carbocycles. The predicted octanol–water partition coefficient (Wildman–Crippen LogP) is 7.88. The second kappa shape index (κ2) is 8.29. The number of hydrogen-bond acceptors (Lipinski definition) is 2. The Morgan fingerprint density at radius 1 is 0.931 bits per heavy atom. The van der Waals surface area contributed by atoms with Crippen molar-refractivity contribution in [2.24, 2.45) is 4.99 Å². The van der Waals surface area contributed by atoms with Gasteiger partial charge in [0.25, 0.3) is 0 Å². The van der Waals surface area contributed by atoms with Crippen LogP contribution in [-0.2, 0) is 6.18 Å². The first-order valence-corrected chi connectivity index (χ1v) is 9.30. The Labute approximate surface area is 172 Å². The predicted molar refractivity (Wildman–Crippen MR) is 111 cm³/mol. The fraction of sp³-hybridized carbons (Fsp3) is 0.174. The van der Waals surface area contributed by atoms with E-state index in [-0.39, 0.29) is 16.3 Å². The molecule has 0 amide bonds. The van der Waals surface area contributed by atoms with E-state index in [0.29, 0.717) is 11.5 Å². The van der Waals surface area contributed by atoms with Crippen molar-refractivity contribution in [1.82, 2.24) is 0 Å². The molecule has 1 aromatic heterocycles. The molecular weight excluding hydrogens is 399 g/mol. The van der Waals surface area contributed by atoms with Gasteiger partial charge in [0.05, 0.1) is 11.3 Å². The lowest BCUT2D eigenvalue weighted by molar-refractivity contribution is -0.137. The summed E-state index contributed by atoms with van der Waals surface area (Å²) in [5.41, 5.74) is 2.54. The second-order valence-corrected chi connectivity index (χ2v) is 7.06. The van der Waals surface area contributed by atoms with E-state index in [1.165, 1.54) is 18.2 Å². The Hall–Kier alpha value is -2.79. The maximum Gasteiger partial charge on any atom is 0.417 e. The van der Waals surface area contributed by atoms with Gasteiger partial charge < -0.3 is 4.42 Å². The zero-order valence-electron chi connectivity index (χ0n) is 16.1. The van der Waals surface area contributed by atoms with Crippen molar-refractivity contribution >= 4 is 22.9 Å². The van der Waals surface area contributed by atoms with Crippen LogP contribution in [0.1, 0.15) is 37.7 Å². The first kappa shape index (κ1) is 20.9. The van der Waals surface area contributed by atoms with Gasteiger partial charge in [0.2, 0.25) is 0 Å². The Kier molecular flexibility index (Phi) is 5.99. The Morgan fingerprint density at radius 3 is 2.28 bits per heavy atom. The summed E-state index contributed by atoms with van der Waals surface area (Å²) >= 11 is 5.75. The molecular formula is C23H19ClF3NO. The molecule has 0 unspecified atom stereocenters. The first-order chi connectivity index (χ1) is 13.7. The molecule has 0 aliphatic carbocycles. The lowest BCUT2D eigenvalue weighted by Crippen LogP contribution is -2.06. The molecule has 3 rings (SSSR count). The van der Waals surface area contributed by atoms with Gasteiger partial charge in [0, 0.05) is 16.3 Å². The number of nitrogens with zero attached hydrogens (tertiary/aromatic N) is 1. The third-order valence-electron chi connectivity index (χ3n) is 4.60. The van der Waals surface area contributed by atoms with E-state index in [0.717, 1.165) is 22.9 Å². The van der Waals surface area contributed by atoms with Gasteiger partial charge >= 0.3 is 6.18 Å². The van der Waals surface area contributed by atoms with Crippen LogP contribution < -0.4 is 0 Å². The van der Waals surface area contributed by atoms with Gasteiger partial charge in [-0.25, -0.2) is 0 Å². The van der Waals surface area contributed by atoms with Crippen molar-refractivity contribution in [3.05, 3.63) is 88.3 Å². The molecule has 29 heavy (non-hydrogen) atoms. The van der Waals surface area contributed by atoms with Crippen LogP contribution in [0.25, 0.3) is 16.9 Å². The van der Waals surface area contributed by atoms with Crippen molar-refractivity contribution in [2.75, 3.05) is 0 Å². The molecule has 3 aromatic rings. The van der Waals surface area contributed by atoms with Crippen LogP contribution in [0.3, 0.4) is 0 Å². The van der Waals surface area contributed by atoms with Crippen LogP contribution in [0.15, 0.2) is 75.8 Å². The van der Waals surface area contributed by atoms with Crippen molar-refractivity contribution in [3.8, 4) is 11.3 Å². The largest absolute Gasteiger partial charge is 0.455 e. The molecule has 0 saturated heterocycles. The fourth-order valence-corrected chi connectivity index (χ4v) is 3.10. The van der Waals surface area contributed by atoms with Gasteiger partial charge in [-0.3, -0.25) is 4.99 Å². The number of benzene rings is 2. The molecule has 0 bridgehead atoms. The molecule has 0 spiro atoms. The number of rotatable bonds is 4. The second-order valence-electron chi connectivity index (χ2n) is 6.63. The molecule has 0 N–H and O–H groups in total. The molecule has 0 radical (unpaired) electrons. The molecule has 0 aliphatic heterocycles. The quantitative estimate of drug-likeness (QED) is 0.396. The molecule has 0 saturated carbocycles. The lowest BCUT2D eigenvalue weighted by Gasteiger charge is -2.11. The maximum atomic E-state index is 13.4. The standard InChI is InChI=1S/C23H19ClF3NO/c1-14(17-7-5-4-6-8-17)15(2)28-16(3)21-11-12-22(29-21)19-10-9-18(24)13-20(19)23(25,26)27/h4-13H,1-3H3/b15-14+,28-16+. The zero-order chi connectivity index (χ0) is 21.2. The topological polar surface area (TPSA) is 25.5 Å². The molecule has 1 heterocycles. The van der Waals surface area contributed by atoms with Gasteiger partial charge in [-0.2, -0.15) is 13.2 Å². The number of halogens is 4. The molecule has 2 nitrogen and oxygen atoms in total. The highest BCUT2D eigenvalue weighted by Gasteiger charge is 2.34. The van der Waals surface area contributed by atoms with Crippen molar-refractivity contribution in [1.29, 1.82) is 0 Å². The van der Waals surface area contributed by atoms with Gasteiger partial charge in [-0.15, -0.1) is 0 Å². The Bertz CT molecular complexity index is 1080. The van der Waals surface area contributed by atoms with Gasteiger partial charge in [0.1, 0.15) is 11.5 Å². The van der Waals surface area contributed by atoms with E-state index in [9.17, 15) is 13.2 Å². The van der Waals surface area contributed by atoms with Crippen molar-refractivity contribution in [3.63, 3.8) is 0 Å². The number of hydrogen-bond donors (Lipinski definition) is 0. The van der Waals surface area contributed by atoms with E-state index in [1.54, 1.807) is 13.0 Å². The minimum atomic E-state index is -4.54. The molecule has 0 fully saturated rings. The number of allylic oxidation sites excluding steroid dienone is 2. The highest BCUT2D eigenvalue weighted by atomic mass is 35.5. The van der Waals surface area contributed by atoms with Crippen LogP contribution in [0.5, 0.6) is 0 Å². The summed E-state index contributed by atoms with van der Waals surface area (Å²) in [6.45, 7) is 5.62. The highest BCUT2D eigenvalue weighted by molar-refractivity contribution is 6.30. The maximum absolute atomic E-state index is 13.4. The Morgan fingerprint density at radius 2 is 1.62 bits per heavy atom. The smallest absolute Gasteiger partial charge is 0.417 e. The number of furan rings is 1. The summed E-state index contributed by atoms with van der Waals surface area (Å²) in [6, 6.07) is 16.6. The van der Waals surface area contributed by atoms with E-state index in [4.69, 9.17) is 16.0 Å². The minimum absolute atomic E-state index is 0.0164. The van der Waals surface area contributed by atoms with Crippen LogP contribution in [0.2, 0.25) is 5.02 Å². The van der Waals surface area contributed by atoms with E-state index in [1.807, 2.05) is 44.2 Å². The van der Waals surface area contributed by atoms with Crippen LogP contribution in [0, 0.1) is 0 Å². The summed E-state index contributed by atoms with van der Waals surface area (Å²) in [7, 11) is 0. The van der Waals surface area contributed by atoms with Gasteiger partial charge in [0.15, 0.2) is 0 Å². The molecule has 150 valence electrons. The van der Waals surface area contributed by atoms with Crippen LogP contribution >= 0.6 is 11.6 Å². The minimum Gasteiger partial charge on any atom is -0.455 e. The zero-order valence-corrected chi connectivity index (χ0v) is 16.9. The first-order valence-electron chi connectivity index (χ1n) is 8.92. The average molecular weight is 418 g/mol. The highest BCUT2D eigenvalue weighted by Crippen LogP contribution is 2.39. The normalized spacial score (nSPS) is 13.4. The van der Waals surface area contributed by atoms with E-state index < -0.39 is 11.7 Å². The average Bonchev–Trinajstić information content (AvgIpc) is 3.17. The van der Waals surface area contributed by atoms with Crippen molar-refractivity contribution < 1.29 is 17.6 Å². The summed E-state index contributed by atoms with van der Waals surface area (Å²) in [5.74, 6) is 0.517. The molecule has 0 aliphatic rings. The SMILES string of the molecule is C/C(=N\C(C)=C(/C)c1ccccc1)c1ccc(-c2ccc(Cl)cc2C(F)(F)F)o1. The number of aliphatic imine (C=N–C) groups is 1. The van der Waals surface area contributed by atoms with Crippen molar-refractivity contribution in [2.45, 2.75) is 26.9 Å². The van der Waals surface area contributed by atoms with E-state index >= 15 is 0 Å². The summed E-state index contributed by atoms with van der Waals surface area (Å²) in [6.07, 6.45) is -4.54. The number of alkyl halides is 3. The summed E-state index contributed by atoms with van der Waals surface area (Å²) in [4.78, 5) is 4.57. The third kappa shape index (κ3) is 4.80. The lowest BCUT2D eigenvalue weighted by atomic mass is 10.1. The monoisotopic (exact) mass is 417 g/mol.